The van der Waals surface area contributed by atoms with Crippen molar-refractivity contribution in [3.8, 4) is 0 Å². The molecule has 2 rings (SSSR count). The minimum atomic E-state index is 0.506. The number of para-hydroxylation sites is 1. The van der Waals surface area contributed by atoms with Crippen molar-refractivity contribution in [2.24, 2.45) is 5.92 Å². The van der Waals surface area contributed by atoms with Crippen molar-refractivity contribution in [1.29, 1.82) is 0 Å². The van der Waals surface area contributed by atoms with E-state index in [2.05, 4.69) is 55.4 Å². The van der Waals surface area contributed by atoms with Crippen LogP contribution in [0.2, 0.25) is 0 Å². The zero-order valence-corrected chi connectivity index (χ0v) is 12.4. The number of nitrogens with one attached hydrogen (secondary N) is 1. The summed E-state index contributed by atoms with van der Waals surface area (Å²) in [6.45, 7) is 8.23. The van der Waals surface area contributed by atoms with Gasteiger partial charge in [0, 0.05) is 31.2 Å². The molecule has 3 nitrogen and oxygen atoms in total. The van der Waals surface area contributed by atoms with Crippen LogP contribution in [0, 0.1) is 12.8 Å². The molecule has 1 aromatic rings. The van der Waals surface area contributed by atoms with Crippen LogP contribution < -0.4 is 10.2 Å². The first-order chi connectivity index (χ1) is 9.22. The van der Waals surface area contributed by atoms with E-state index in [1.54, 1.807) is 0 Å². The molecule has 1 heterocycles. The van der Waals surface area contributed by atoms with Crippen molar-refractivity contribution in [2.45, 2.75) is 26.3 Å². The highest BCUT2D eigenvalue weighted by Crippen LogP contribution is 2.22. The topological polar surface area (TPSA) is 24.5 Å². The average Bonchev–Trinajstić information content (AvgIpc) is 2.84. The number of nitrogens with zero attached hydrogens (tertiary/aromatic N) is 1. The summed E-state index contributed by atoms with van der Waals surface area (Å²) >= 11 is 0. The van der Waals surface area contributed by atoms with Crippen LogP contribution >= 0.6 is 0 Å². The molecule has 1 saturated heterocycles. The molecule has 0 aliphatic carbocycles. The Bertz CT molecular complexity index is 394. The van der Waals surface area contributed by atoms with Gasteiger partial charge in [-0.15, -0.1) is 0 Å². The molecule has 0 saturated carbocycles. The molecule has 0 amide bonds. The second kappa shape index (κ2) is 6.92. The third-order valence-electron chi connectivity index (χ3n) is 3.89. The van der Waals surface area contributed by atoms with Crippen LogP contribution in [0.3, 0.4) is 0 Å². The van der Waals surface area contributed by atoms with Gasteiger partial charge in [-0.3, -0.25) is 0 Å². The van der Waals surface area contributed by atoms with Crippen LogP contribution in [0.15, 0.2) is 24.3 Å². The first-order valence-corrected chi connectivity index (χ1v) is 7.30. The molecule has 106 valence electrons. The van der Waals surface area contributed by atoms with Crippen LogP contribution in [-0.2, 0) is 4.74 Å². The van der Waals surface area contributed by atoms with E-state index in [4.69, 9.17) is 4.74 Å². The molecule has 0 spiro atoms. The van der Waals surface area contributed by atoms with Crippen molar-refractivity contribution in [1.82, 2.24) is 5.32 Å². The van der Waals surface area contributed by atoms with Gasteiger partial charge < -0.3 is 15.0 Å². The maximum absolute atomic E-state index is 5.64. The molecular formula is C16H26N2O. The Hall–Kier alpha value is -1.06. The molecule has 1 fully saturated rings. The molecule has 3 heteroatoms. The Balaban J connectivity index is 1.94. The first-order valence-electron chi connectivity index (χ1n) is 7.30. The molecule has 2 unspecified atom stereocenters. The third-order valence-corrected chi connectivity index (χ3v) is 3.89. The number of anilines is 1. The predicted octanol–water partition coefficient (Wildman–Crippen LogP) is 2.45. The molecule has 2 atom stereocenters. The lowest BCUT2D eigenvalue weighted by Crippen LogP contribution is -2.41. The standard InChI is InChI=1S/C16H26N2O/c1-4-9-17-15-12-19-11-14(15)10-18(3)16-8-6-5-7-13(16)2/h5-8,14-15,17H,4,9-12H2,1-3H3. The van der Waals surface area contributed by atoms with E-state index >= 15 is 0 Å². The zero-order chi connectivity index (χ0) is 13.7. The minimum Gasteiger partial charge on any atom is -0.379 e. The molecule has 19 heavy (non-hydrogen) atoms. The summed E-state index contributed by atoms with van der Waals surface area (Å²) < 4.78 is 5.64. The average molecular weight is 262 g/mol. The molecule has 0 bridgehead atoms. The van der Waals surface area contributed by atoms with E-state index in [9.17, 15) is 0 Å². The lowest BCUT2D eigenvalue weighted by molar-refractivity contribution is 0.183. The maximum Gasteiger partial charge on any atom is 0.0624 e. The molecule has 1 aliphatic rings. The third kappa shape index (κ3) is 3.71. The minimum absolute atomic E-state index is 0.506. The van der Waals surface area contributed by atoms with Gasteiger partial charge in [0.2, 0.25) is 0 Å². The van der Waals surface area contributed by atoms with E-state index in [1.165, 1.54) is 17.7 Å². The van der Waals surface area contributed by atoms with Crippen LogP contribution in [0.4, 0.5) is 5.69 Å². The Morgan fingerprint density at radius 3 is 2.84 bits per heavy atom. The van der Waals surface area contributed by atoms with E-state index in [0.29, 0.717) is 12.0 Å². The molecule has 0 aromatic heterocycles. The summed E-state index contributed by atoms with van der Waals surface area (Å²) in [5.41, 5.74) is 2.66. The lowest BCUT2D eigenvalue weighted by Gasteiger charge is -2.27. The fraction of sp³-hybridized carbons (Fsp3) is 0.625. The van der Waals surface area contributed by atoms with E-state index in [1.807, 2.05) is 0 Å². The Kier molecular flexibility index (Phi) is 5.23. The molecule has 1 aliphatic heterocycles. The van der Waals surface area contributed by atoms with Gasteiger partial charge in [-0.1, -0.05) is 25.1 Å². The summed E-state index contributed by atoms with van der Waals surface area (Å²) in [6.07, 6.45) is 1.18. The largest absolute Gasteiger partial charge is 0.379 e. The normalized spacial score (nSPS) is 22.7. The van der Waals surface area contributed by atoms with Crippen LogP contribution in [0.1, 0.15) is 18.9 Å². The SMILES string of the molecule is CCCNC1COCC1CN(C)c1ccccc1C. The summed E-state index contributed by atoms with van der Waals surface area (Å²) in [4.78, 5) is 2.36. The van der Waals surface area contributed by atoms with Gasteiger partial charge >= 0.3 is 0 Å². The van der Waals surface area contributed by atoms with Crippen molar-refractivity contribution >= 4 is 5.69 Å². The highest BCUT2D eigenvalue weighted by molar-refractivity contribution is 5.52. The number of aryl methyl sites for hydroxylation is 1. The van der Waals surface area contributed by atoms with Gasteiger partial charge in [-0.2, -0.15) is 0 Å². The van der Waals surface area contributed by atoms with Gasteiger partial charge in [0.15, 0.2) is 0 Å². The monoisotopic (exact) mass is 262 g/mol. The Morgan fingerprint density at radius 2 is 2.11 bits per heavy atom. The highest BCUT2D eigenvalue weighted by atomic mass is 16.5. The molecular weight excluding hydrogens is 236 g/mol. The smallest absolute Gasteiger partial charge is 0.0624 e. The quantitative estimate of drug-likeness (QED) is 0.852. The summed E-state index contributed by atoms with van der Waals surface area (Å²) in [5, 5.41) is 3.60. The van der Waals surface area contributed by atoms with Crippen molar-refractivity contribution < 1.29 is 4.74 Å². The summed E-state index contributed by atoms with van der Waals surface area (Å²) in [5.74, 6) is 0.580. The highest BCUT2D eigenvalue weighted by Gasteiger charge is 2.28. The Morgan fingerprint density at radius 1 is 1.32 bits per heavy atom. The fourth-order valence-corrected chi connectivity index (χ4v) is 2.78. The zero-order valence-electron chi connectivity index (χ0n) is 12.4. The van der Waals surface area contributed by atoms with Crippen LogP contribution in [0.5, 0.6) is 0 Å². The van der Waals surface area contributed by atoms with Crippen LogP contribution in [-0.4, -0.2) is 39.4 Å². The van der Waals surface area contributed by atoms with Gasteiger partial charge in [-0.05, 0) is 31.5 Å². The van der Waals surface area contributed by atoms with Gasteiger partial charge in [0.05, 0.1) is 13.2 Å². The van der Waals surface area contributed by atoms with Crippen molar-refractivity contribution in [3.05, 3.63) is 29.8 Å². The van der Waals surface area contributed by atoms with E-state index < -0.39 is 0 Å². The predicted molar refractivity (Wildman–Crippen MR) is 80.8 cm³/mol. The van der Waals surface area contributed by atoms with E-state index in [-0.39, 0.29) is 0 Å². The lowest BCUT2D eigenvalue weighted by atomic mass is 10.0. The first kappa shape index (κ1) is 14.4. The second-order valence-electron chi connectivity index (χ2n) is 5.53. The number of hydrogen-bond acceptors (Lipinski definition) is 3. The van der Waals surface area contributed by atoms with Crippen molar-refractivity contribution in [2.75, 3.05) is 38.3 Å². The number of hydrogen-bond donors (Lipinski definition) is 1. The fourth-order valence-electron chi connectivity index (χ4n) is 2.78. The van der Waals surface area contributed by atoms with E-state index in [0.717, 1.165) is 26.3 Å². The summed E-state index contributed by atoms with van der Waals surface area (Å²) in [6, 6.07) is 9.07. The molecule has 1 aromatic carbocycles. The van der Waals surface area contributed by atoms with Gasteiger partial charge in [-0.25, -0.2) is 0 Å². The van der Waals surface area contributed by atoms with Gasteiger partial charge in [0.1, 0.15) is 0 Å². The summed E-state index contributed by atoms with van der Waals surface area (Å²) in [7, 11) is 2.18. The number of ether oxygens (including phenoxy) is 1. The van der Waals surface area contributed by atoms with Gasteiger partial charge in [0.25, 0.3) is 0 Å². The Labute approximate surface area is 116 Å². The molecule has 0 radical (unpaired) electrons. The van der Waals surface area contributed by atoms with Crippen LogP contribution in [0.25, 0.3) is 0 Å². The maximum atomic E-state index is 5.64. The number of benzene rings is 1. The van der Waals surface area contributed by atoms with Crippen molar-refractivity contribution in [3.63, 3.8) is 0 Å². The molecule has 1 N–H and O–H groups in total. The number of rotatable bonds is 6. The second-order valence-corrected chi connectivity index (χ2v) is 5.53.